The molecule has 1 atom stereocenters. The monoisotopic (exact) mass is 714 g/mol. The third kappa shape index (κ3) is 10.9. The minimum Gasteiger partial charge on any atom is -0.508 e. The maximum atomic E-state index is 12.7. The van der Waals surface area contributed by atoms with Crippen LogP contribution in [-0.2, 0) is 25.7 Å². The van der Waals surface area contributed by atoms with Gasteiger partial charge in [-0.1, -0.05) is 115 Å². The summed E-state index contributed by atoms with van der Waals surface area (Å²) in [7, 11) is 0. The first-order valence-corrected chi connectivity index (χ1v) is 17.3. The van der Waals surface area contributed by atoms with Gasteiger partial charge in [0.05, 0.1) is 19.0 Å². The third-order valence-corrected chi connectivity index (χ3v) is 8.97. The summed E-state index contributed by atoms with van der Waals surface area (Å²) in [6.07, 6.45) is 4.78. The van der Waals surface area contributed by atoms with Crippen molar-refractivity contribution >= 4 is 34.8 Å². The predicted octanol–water partition coefficient (Wildman–Crippen LogP) is 6.22. The summed E-state index contributed by atoms with van der Waals surface area (Å²) in [5.74, 6) is -4.08. The Morgan fingerprint density at radius 3 is 1.64 bits per heavy atom. The second-order valence-electron chi connectivity index (χ2n) is 12.9. The van der Waals surface area contributed by atoms with E-state index in [-0.39, 0.29) is 63.6 Å². The number of carboxylic acid groups (broad SMARTS) is 3. The van der Waals surface area contributed by atoms with Crippen molar-refractivity contribution in [3.8, 4) is 5.75 Å². The zero-order chi connectivity index (χ0) is 37.7. The highest BCUT2D eigenvalue weighted by molar-refractivity contribution is 6.04. The van der Waals surface area contributed by atoms with Crippen molar-refractivity contribution in [3.05, 3.63) is 161 Å². The molecule has 0 saturated heterocycles. The first-order chi connectivity index (χ1) is 25.6. The van der Waals surface area contributed by atoms with Gasteiger partial charge in [-0.05, 0) is 58.0 Å². The Hall–Kier alpha value is -6.10. The number of rotatable bonds is 18. The maximum absolute atomic E-state index is 12.7. The zero-order valence-corrected chi connectivity index (χ0v) is 29.2. The molecule has 0 aliphatic heterocycles. The van der Waals surface area contributed by atoms with Crippen LogP contribution in [0.25, 0.3) is 11.1 Å². The van der Waals surface area contributed by atoms with Crippen molar-refractivity contribution < 1.29 is 39.6 Å². The summed E-state index contributed by atoms with van der Waals surface area (Å²) in [6.45, 7) is -0.425. The quantitative estimate of drug-likeness (QED) is 0.0874. The number of carbonyl (C=O) groups excluding carboxylic acids is 1. The van der Waals surface area contributed by atoms with E-state index in [9.17, 15) is 34.5 Å². The molecule has 1 aliphatic rings. The highest BCUT2D eigenvalue weighted by atomic mass is 16.4. The Kier molecular flexibility index (Phi) is 13.2. The molecular weight excluding hydrogens is 672 g/mol. The van der Waals surface area contributed by atoms with Gasteiger partial charge in [0.2, 0.25) is 0 Å². The minimum atomic E-state index is -1.11. The summed E-state index contributed by atoms with van der Waals surface area (Å²) >= 11 is 0. The van der Waals surface area contributed by atoms with Gasteiger partial charge in [0.15, 0.2) is 5.78 Å². The Morgan fingerprint density at radius 1 is 0.604 bits per heavy atom. The summed E-state index contributed by atoms with van der Waals surface area (Å²) in [6, 6.07) is 35.3. The van der Waals surface area contributed by atoms with Gasteiger partial charge in [-0.15, -0.1) is 0 Å². The molecule has 1 aliphatic carbocycles. The average molecular weight is 715 g/mol. The normalized spacial score (nSPS) is 13.9. The minimum absolute atomic E-state index is 0.0152. The van der Waals surface area contributed by atoms with Crippen LogP contribution in [0.4, 0.5) is 0 Å². The first kappa shape index (κ1) is 38.1. The summed E-state index contributed by atoms with van der Waals surface area (Å²) in [5.41, 5.74) is 6.82. The fraction of sp³-hybridized carbons (Fsp3) is 0.209. The lowest BCUT2D eigenvalue weighted by atomic mass is 9.85. The molecule has 0 aromatic heterocycles. The van der Waals surface area contributed by atoms with Gasteiger partial charge in [0, 0.05) is 38.2 Å². The molecule has 1 unspecified atom stereocenters. The van der Waals surface area contributed by atoms with Gasteiger partial charge in [0.25, 0.3) is 0 Å². The van der Waals surface area contributed by atoms with Gasteiger partial charge in [0.1, 0.15) is 5.75 Å². The number of phenols is 1. The van der Waals surface area contributed by atoms with Crippen molar-refractivity contribution in [2.24, 2.45) is 5.92 Å². The lowest BCUT2D eigenvalue weighted by molar-refractivity contribution is -0.140. The number of allylic oxidation sites excluding steroid dienone is 3. The van der Waals surface area contributed by atoms with Crippen molar-refractivity contribution in [2.75, 3.05) is 32.7 Å². The number of hydrogen-bond donors (Lipinski definition) is 4. The predicted molar refractivity (Wildman–Crippen MR) is 202 cm³/mol. The van der Waals surface area contributed by atoms with E-state index in [1.165, 1.54) is 6.08 Å². The number of carboxylic acids is 3. The number of hydrogen-bond acceptors (Lipinski definition) is 7. The highest BCUT2D eigenvalue weighted by Crippen LogP contribution is 2.38. The molecule has 10 heteroatoms. The van der Waals surface area contributed by atoms with Crippen molar-refractivity contribution in [1.82, 2.24) is 9.80 Å². The lowest BCUT2D eigenvalue weighted by Gasteiger charge is -2.28. The van der Waals surface area contributed by atoms with E-state index in [1.54, 1.807) is 28.0 Å². The molecule has 5 rings (SSSR count). The SMILES string of the molecule is O=C(O)CCC1=CC(CN(CCN(CC(=O)O)Cc2cc(C(=C(c3ccccc3)c3ccccc3)c3ccccc3)ccc2O)CC(=O)O)C(=O)C=C1. The second-order valence-corrected chi connectivity index (χ2v) is 12.9. The van der Waals surface area contributed by atoms with Crippen LogP contribution >= 0.6 is 0 Å². The van der Waals surface area contributed by atoms with E-state index >= 15 is 0 Å². The van der Waals surface area contributed by atoms with E-state index in [0.29, 0.717) is 11.1 Å². The second kappa shape index (κ2) is 18.4. The number of nitrogens with zero attached hydrogens (tertiary/aromatic N) is 2. The van der Waals surface area contributed by atoms with Gasteiger partial charge in [-0.3, -0.25) is 29.0 Å². The molecule has 4 aromatic carbocycles. The topological polar surface area (TPSA) is 156 Å². The molecule has 0 fully saturated rings. The standard InChI is InChI=1S/C43H42N2O8/c46-37-19-16-30(17-21-39(48)49)24-35(37)26-44(28-40(50)51)22-23-45(29-41(52)53)27-36-25-34(18-20-38(36)47)43(33-14-8-3-9-15-33)42(31-10-4-1-5-11-31)32-12-6-2-7-13-32/h1-16,18-20,24-25,35,47H,17,21-23,26-29H2,(H,48,49)(H,50,51)(H,52,53). The molecule has 272 valence electrons. The van der Waals surface area contributed by atoms with E-state index in [4.69, 9.17) is 5.11 Å². The van der Waals surface area contributed by atoms with Gasteiger partial charge >= 0.3 is 17.9 Å². The Morgan fingerprint density at radius 2 is 1.11 bits per heavy atom. The molecule has 4 N–H and O–H groups in total. The largest absolute Gasteiger partial charge is 0.508 e. The summed E-state index contributed by atoms with van der Waals surface area (Å²) in [4.78, 5) is 50.9. The summed E-state index contributed by atoms with van der Waals surface area (Å²) < 4.78 is 0. The van der Waals surface area contributed by atoms with E-state index in [0.717, 1.165) is 33.4 Å². The molecule has 0 heterocycles. The molecule has 0 bridgehead atoms. The molecule has 0 radical (unpaired) electrons. The van der Waals surface area contributed by atoms with Crippen molar-refractivity contribution in [3.63, 3.8) is 0 Å². The Bertz CT molecular complexity index is 1960. The summed E-state index contributed by atoms with van der Waals surface area (Å²) in [5, 5.41) is 39.7. The van der Waals surface area contributed by atoms with Crippen LogP contribution in [-0.4, -0.2) is 86.6 Å². The molecular formula is C43H42N2O8. The molecule has 4 aromatic rings. The van der Waals surface area contributed by atoms with Gasteiger partial charge in [-0.25, -0.2) is 0 Å². The number of ketones is 1. The third-order valence-electron chi connectivity index (χ3n) is 8.97. The molecule has 53 heavy (non-hydrogen) atoms. The van der Waals surface area contributed by atoms with Crippen molar-refractivity contribution in [2.45, 2.75) is 19.4 Å². The number of carbonyl (C=O) groups is 4. The smallest absolute Gasteiger partial charge is 0.317 e. The fourth-order valence-electron chi connectivity index (χ4n) is 6.50. The number of aliphatic carboxylic acids is 3. The van der Waals surface area contributed by atoms with Crippen LogP contribution in [0.5, 0.6) is 5.75 Å². The van der Waals surface area contributed by atoms with Gasteiger partial charge in [-0.2, -0.15) is 0 Å². The van der Waals surface area contributed by atoms with Crippen LogP contribution in [0, 0.1) is 5.92 Å². The average Bonchev–Trinajstić information content (AvgIpc) is 3.14. The van der Waals surface area contributed by atoms with E-state index in [2.05, 4.69) is 0 Å². The maximum Gasteiger partial charge on any atom is 0.317 e. The fourth-order valence-corrected chi connectivity index (χ4v) is 6.50. The molecule has 10 nitrogen and oxygen atoms in total. The molecule has 0 spiro atoms. The van der Waals surface area contributed by atoms with Crippen LogP contribution < -0.4 is 0 Å². The zero-order valence-electron chi connectivity index (χ0n) is 29.2. The number of phenolic OH excluding ortho intramolecular Hbond substituents is 1. The Balaban J connectivity index is 1.47. The van der Waals surface area contributed by atoms with Crippen LogP contribution in [0.2, 0.25) is 0 Å². The molecule has 0 saturated carbocycles. The first-order valence-electron chi connectivity index (χ1n) is 17.3. The highest BCUT2D eigenvalue weighted by Gasteiger charge is 2.24. The van der Waals surface area contributed by atoms with Crippen LogP contribution in [0.15, 0.2) is 133 Å². The van der Waals surface area contributed by atoms with E-state index < -0.39 is 23.8 Å². The Labute approximate surface area is 308 Å². The van der Waals surface area contributed by atoms with E-state index in [1.807, 2.05) is 103 Å². The molecule has 0 amide bonds. The van der Waals surface area contributed by atoms with Crippen LogP contribution in [0.1, 0.15) is 40.7 Å². The number of benzene rings is 4. The lowest BCUT2D eigenvalue weighted by Crippen LogP contribution is -2.42. The number of aromatic hydroxyl groups is 1. The van der Waals surface area contributed by atoms with Crippen molar-refractivity contribution in [1.29, 1.82) is 0 Å². The van der Waals surface area contributed by atoms with Gasteiger partial charge < -0.3 is 20.4 Å². The van der Waals surface area contributed by atoms with Crippen LogP contribution in [0.3, 0.4) is 0 Å².